The van der Waals surface area contributed by atoms with Crippen molar-refractivity contribution in [3.63, 3.8) is 0 Å². The predicted molar refractivity (Wildman–Crippen MR) is 127 cm³/mol. The second-order valence-corrected chi connectivity index (χ2v) is 9.49. The average molecular weight is 426 g/mol. The third-order valence-electron chi connectivity index (χ3n) is 6.35. The molecule has 1 aliphatic heterocycles. The normalized spacial score (nSPS) is 18.5. The van der Waals surface area contributed by atoms with Gasteiger partial charge in [0.1, 0.15) is 6.10 Å². The maximum absolute atomic E-state index is 12.0. The number of carbonyl (C=O) groups excluding carboxylic acids is 1. The molecule has 0 aromatic heterocycles. The van der Waals surface area contributed by atoms with E-state index >= 15 is 0 Å². The average Bonchev–Trinajstić information content (AvgIpc) is 2.71. The van der Waals surface area contributed by atoms with Gasteiger partial charge in [0.05, 0.1) is 12.6 Å². The lowest BCUT2D eigenvalue weighted by molar-refractivity contribution is -0.159. The van der Waals surface area contributed by atoms with Gasteiger partial charge in [0.25, 0.3) is 0 Å². The maximum Gasteiger partial charge on any atom is 0.320 e. The van der Waals surface area contributed by atoms with Crippen molar-refractivity contribution in [1.82, 2.24) is 4.90 Å². The molecule has 0 saturated carbocycles. The number of unbranched alkanes of at least 4 members (excludes halogenated alkanes) is 14. The van der Waals surface area contributed by atoms with Gasteiger partial charge in [0.15, 0.2) is 0 Å². The van der Waals surface area contributed by atoms with Crippen molar-refractivity contribution >= 4 is 5.97 Å². The molecule has 30 heavy (non-hydrogen) atoms. The first-order valence-electron chi connectivity index (χ1n) is 13.3. The van der Waals surface area contributed by atoms with Crippen LogP contribution in [0.15, 0.2) is 0 Å². The summed E-state index contributed by atoms with van der Waals surface area (Å²) in [5, 5.41) is 10.4. The number of aliphatic hydroxyl groups excluding tert-OH is 1. The van der Waals surface area contributed by atoms with Gasteiger partial charge in [-0.25, -0.2) is 0 Å². The minimum Gasteiger partial charge on any atom is -0.460 e. The fourth-order valence-corrected chi connectivity index (χ4v) is 4.49. The molecule has 2 atom stereocenters. The lowest BCUT2D eigenvalue weighted by Gasteiger charge is -2.33. The monoisotopic (exact) mass is 425 g/mol. The molecule has 0 bridgehead atoms. The molecule has 0 amide bonds. The van der Waals surface area contributed by atoms with Crippen molar-refractivity contribution in [3.8, 4) is 0 Å². The molecule has 1 N–H and O–H groups in total. The van der Waals surface area contributed by atoms with Gasteiger partial charge in [-0.2, -0.15) is 0 Å². The maximum atomic E-state index is 12.0. The van der Waals surface area contributed by atoms with Crippen LogP contribution in [0.25, 0.3) is 0 Å². The molecule has 0 radical (unpaired) electrons. The number of carbonyl (C=O) groups is 1. The van der Waals surface area contributed by atoms with Crippen LogP contribution in [-0.4, -0.2) is 47.8 Å². The zero-order valence-corrected chi connectivity index (χ0v) is 20.2. The number of rotatable bonds is 20. The van der Waals surface area contributed by atoms with E-state index in [0.29, 0.717) is 13.1 Å². The quantitative estimate of drug-likeness (QED) is 0.175. The van der Waals surface area contributed by atoms with Crippen LogP contribution in [0.1, 0.15) is 129 Å². The molecule has 1 rings (SSSR count). The molecule has 0 spiro atoms. The van der Waals surface area contributed by atoms with Crippen LogP contribution in [0.2, 0.25) is 0 Å². The van der Waals surface area contributed by atoms with E-state index < -0.39 is 0 Å². The number of nitrogens with zero attached hydrogens (tertiary/aromatic N) is 1. The van der Waals surface area contributed by atoms with E-state index in [0.717, 1.165) is 32.2 Å². The van der Waals surface area contributed by atoms with Crippen molar-refractivity contribution in [3.05, 3.63) is 0 Å². The lowest BCUT2D eigenvalue weighted by Crippen LogP contribution is -2.47. The summed E-state index contributed by atoms with van der Waals surface area (Å²) in [4.78, 5) is 14.1. The van der Waals surface area contributed by atoms with Crippen LogP contribution in [0, 0.1) is 0 Å². The van der Waals surface area contributed by atoms with Gasteiger partial charge in [0.2, 0.25) is 0 Å². The minimum atomic E-state index is -0.320. The number of esters is 1. The molecule has 1 saturated heterocycles. The largest absolute Gasteiger partial charge is 0.460 e. The Morgan fingerprint density at radius 3 is 1.90 bits per heavy atom. The minimum absolute atomic E-state index is 0.0154. The van der Waals surface area contributed by atoms with Gasteiger partial charge in [0, 0.05) is 13.1 Å². The molecule has 0 aromatic rings. The van der Waals surface area contributed by atoms with Crippen molar-refractivity contribution in [2.75, 3.05) is 19.6 Å². The fraction of sp³-hybridized carbons (Fsp3) is 0.962. The Labute approximate surface area is 187 Å². The Morgan fingerprint density at radius 2 is 1.33 bits per heavy atom. The molecular formula is C26H51NO3. The van der Waals surface area contributed by atoms with Crippen LogP contribution < -0.4 is 0 Å². The summed E-state index contributed by atoms with van der Waals surface area (Å²) in [5.74, 6) is -0.120. The molecule has 0 aliphatic carbocycles. The number of β-amino-alcohol motifs (C(OH)–C–C–N with tert-alkyl or cyclic N) is 1. The summed E-state index contributed by atoms with van der Waals surface area (Å²) >= 11 is 0. The summed E-state index contributed by atoms with van der Waals surface area (Å²) in [5.41, 5.74) is 0. The number of hydrogen-bond acceptors (Lipinski definition) is 4. The number of morpholine rings is 1. The van der Waals surface area contributed by atoms with Gasteiger partial charge >= 0.3 is 5.97 Å². The van der Waals surface area contributed by atoms with E-state index in [2.05, 4.69) is 18.7 Å². The summed E-state index contributed by atoms with van der Waals surface area (Å²) in [6.45, 7) is 6.24. The lowest BCUT2D eigenvalue weighted by atomic mass is 10.0. The van der Waals surface area contributed by atoms with E-state index in [4.69, 9.17) is 4.74 Å². The van der Waals surface area contributed by atoms with E-state index in [-0.39, 0.29) is 18.2 Å². The Kier molecular flexibility index (Phi) is 17.5. The molecule has 1 heterocycles. The SMILES string of the molecule is CCCCCCCCCCC(O)CN1CC(=O)OC(CCCCCCCCCC)C1. The zero-order valence-electron chi connectivity index (χ0n) is 20.2. The van der Waals surface area contributed by atoms with Crippen LogP contribution in [-0.2, 0) is 9.53 Å². The molecule has 4 heteroatoms. The molecule has 1 fully saturated rings. The topological polar surface area (TPSA) is 49.8 Å². The highest BCUT2D eigenvalue weighted by Gasteiger charge is 2.27. The molecule has 178 valence electrons. The molecular weight excluding hydrogens is 374 g/mol. The first kappa shape index (κ1) is 27.4. The molecule has 2 unspecified atom stereocenters. The Morgan fingerprint density at radius 1 is 0.833 bits per heavy atom. The van der Waals surface area contributed by atoms with E-state index in [1.54, 1.807) is 0 Å². The zero-order chi connectivity index (χ0) is 21.9. The van der Waals surface area contributed by atoms with Gasteiger partial charge in [-0.1, -0.05) is 110 Å². The number of cyclic esters (lactones) is 1. The second-order valence-electron chi connectivity index (χ2n) is 9.49. The molecule has 1 aliphatic rings. The number of aliphatic hydroxyl groups is 1. The smallest absolute Gasteiger partial charge is 0.320 e. The third-order valence-corrected chi connectivity index (χ3v) is 6.35. The van der Waals surface area contributed by atoms with E-state index in [9.17, 15) is 9.90 Å². The van der Waals surface area contributed by atoms with Gasteiger partial charge in [-0.15, -0.1) is 0 Å². The Balaban J connectivity index is 2.06. The van der Waals surface area contributed by atoms with Crippen molar-refractivity contribution in [1.29, 1.82) is 0 Å². The fourth-order valence-electron chi connectivity index (χ4n) is 4.49. The van der Waals surface area contributed by atoms with Gasteiger partial charge < -0.3 is 9.84 Å². The first-order valence-corrected chi connectivity index (χ1v) is 13.3. The number of hydrogen-bond donors (Lipinski definition) is 1. The first-order chi connectivity index (χ1) is 14.7. The summed E-state index contributed by atoms with van der Waals surface area (Å²) in [6.07, 6.45) is 22.2. The van der Waals surface area contributed by atoms with Crippen LogP contribution in [0.3, 0.4) is 0 Å². The van der Waals surface area contributed by atoms with E-state index in [1.165, 1.54) is 89.9 Å². The van der Waals surface area contributed by atoms with Crippen LogP contribution in [0.4, 0.5) is 0 Å². The summed E-state index contributed by atoms with van der Waals surface area (Å²) in [7, 11) is 0. The third kappa shape index (κ3) is 15.2. The second kappa shape index (κ2) is 19.1. The predicted octanol–water partition coefficient (Wildman–Crippen LogP) is 6.64. The van der Waals surface area contributed by atoms with Crippen molar-refractivity contribution < 1.29 is 14.6 Å². The van der Waals surface area contributed by atoms with Crippen LogP contribution in [0.5, 0.6) is 0 Å². The number of ether oxygens (including phenoxy) is 1. The highest BCUT2D eigenvalue weighted by Crippen LogP contribution is 2.17. The van der Waals surface area contributed by atoms with Crippen molar-refractivity contribution in [2.45, 2.75) is 142 Å². The van der Waals surface area contributed by atoms with Crippen molar-refractivity contribution in [2.24, 2.45) is 0 Å². The highest BCUT2D eigenvalue weighted by molar-refractivity contribution is 5.72. The van der Waals surface area contributed by atoms with Crippen LogP contribution >= 0.6 is 0 Å². The highest BCUT2D eigenvalue weighted by atomic mass is 16.5. The standard InChI is InChI=1S/C26H51NO3/c1-3-5-7-9-11-13-15-17-19-24(28)21-27-22-25(30-26(29)23-27)20-18-16-14-12-10-8-6-4-2/h24-25,28H,3-23H2,1-2H3. The summed E-state index contributed by atoms with van der Waals surface area (Å²) < 4.78 is 5.55. The Hall–Kier alpha value is -0.610. The molecule has 0 aromatic carbocycles. The van der Waals surface area contributed by atoms with Gasteiger partial charge in [-0.3, -0.25) is 9.69 Å². The van der Waals surface area contributed by atoms with Gasteiger partial charge in [-0.05, 0) is 19.3 Å². The summed E-state index contributed by atoms with van der Waals surface area (Å²) in [6, 6.07) is 0. The Bertz CT molecular complexity index is 400. The van der Waals surface area contributed by atoms with E-state index in [1.807, 2.05) is 0 Å². The molecule has 4 nitrogen and oxygen atoms in total.